The van der Waals surface area contributed by atoms with Crippen LogP contribution in [0.25, 0.3) is 11.4 Å². The molecule has 3 aromatic rings. The topological polar surface area (TPSA) is 65.2 Å². The van der Waals surface area contributed by atoms with Gasteiger partial charge in [-0.3, -0.25) is 4.79 Å². The third-order valence-electron chi connectivity index (χ3n) is 3.56. The molecule has 0 spiro atoms. The van der Waals surface area contributed by atoms with E-state index < -0.39 is 11.7 Å². The normalized spacial score (nSPS) is 11.4. The molecule has 1 heterocycles. The number of carbonyl (C=O) groups is 1. The second-order valence-corrected chi connectivity index (χ2v) is 5.46. The monoisotopic (exact) mass is 362 g/mol. The number of hydrogen-bond donors (Lipinski definition) is 0. The Hall–Kier alpha value is -3.16. The molecule has 0 amide bonds. The summed E-state index contributed by atoms with van der Waals surface area (Å²) in [5.74, 6) is 0.818. The van der Waals surface area contributed by atoms with Crippen LogP contribution in [0.3, 0.4) is 0 Å². The van der Waals surface area contributed by atoms with Crippen molar-refractivity contribution in [2.75, 3.05) is 0 Å². The van der Waals surface area contributed by atoms with Gasteiger partial charge < -0.3 is 9.26 Å². The van der Waals surface area contributed by atoms with Crippen LogP contribution in [-0.2, 0) is 12.8 Å². The summed E-state index contributed by atoms with van der Waals surface area (Å²) in [6.07, 6.45) is -4.40. The van der Waals surface area contributed by atoms with Crippen LogP contribution in [0.5, 0.6) is 5.75 Å². The first kappa shape index (κ1) is 17.7. The van der Waals surface area contributed by atoms with Crippen molar-refractivity contribution in [2.45, 2.75) is 19.7 Å². The number of ether oxygens (including phenoxy) is 1. The van der Waals surface area contributed by atoms with Crippen molar-refractivity contribution >= 4 is 5.78 Å². The molecular weight excluding hydrogens is 349 g/mol. The van der Waals surface area contributed by atoms with E-state index in [0.29, 0.717) is 16.9 Å². The van der Waals surface area contributed by atoms with Crippen molar-refractivity contribution in [2.24, 2.45) is 0 Å². The van der Waals surface area contributed by atoms with Crippen LogP contribution in [0.2, 0.25) is 0 Å². The molecule has 1 aromatic heterocycles. The lowest BCUT2D eigenvalue weighted by atomic mass is 10.1. The minimum Gasteiger partial charge on any atom is -0.484 e. The van der Waals surface area contributed by atoms with E-state index in [1.54, 1.807) is 24.3 Å². The van der Waals surface area contributed by atoms with E-state index in [0.717, 1.165) is 12.1 Å². The summed E-state index contributed by atoms with van der Waals surface area (Å²) in [4.78, 5) is 15.3. The maximum Gasteiger partial charge on any atom is 0.416 e. The summed E-state index contributed by atoms with van der Waals surface area (Å²) < 4.78 is 48.2. The molecule has 0 fully saturated rings. The first-order valence-corrected chi connectivity index (χ1v) is 7.57. The molecular formula is C18H13F3N2O3. The highest BCUT2D eigenvalue weighted by atomic mass is 19.4. The molecule has 0 aliphatic heterocycles. The lowest BCUT2D eigenvalue weighted by Crippen LogP contribution is -2.04. The van der Waals surface area contributed by atoms with Crippen molar-refractivity contribution in [1.29, 1.82) is 0 Å². The Morgan fingerprint density at radius 2 is 1.73 bits per heavy atom. The summed E-state index contributed by atoms with van der Waals surface area (Å²) in [6.45, 7) is 1.46. The fourth-order valence-corrected chi connectivity index (χ4v) is 2.17. The summed E-state index contributed by atoms with van der Waals surface area (Å²) in [7, 11) is 0. The van der Waals surface area contributed by atoms with Gasteiger partial charge in [0.1, 0.15) is 5.75 Å². The van der Waals surface area contributed by atoms with E-state index in [2.05, 4.69) is 10.1 Å². The Labute approximate surface area is 146 Å². The maximum atomic E-state index is 12.6. The van der Waals surface area contributed by atoms with Crippen LogP contribution in [0.1, 0.15) is 28.7 Å². The van der Waals surface area contributed by atoms with Gasteiger partial charge in [-0.1, -0.05) is 17.3 Å². The van der Waals surface area contributed by atoms with E-state index in [1.807, 2.05) is 0 Å². The number of ketones is 1. The molecule has 0 radical (unpaired) electrons. The smallest absolute Gasteiger partial charge is 0.416 e. The summed E-state index contributed by atoms with van der Waals surface area (Å²) in [6, 6.07) is 11.0. The zero-order valence-electron chi connectivity index (χ0n) is 13.6. The predicted molar refractivity (Wildman–Crippen MR) is 85.5 cm³/mol. The fourth-order valence-electron chi connectivity index (χ4n) is 2.17. The van der Waals surface area contributed by atoms with Gasteiger partial charge in [-0.15, -0.1) is 0 Å². The molecule has 0 N–H and O–H groups in total. The van der Waals surface area contributed by atoms with Crippen LogP contribution in [0.4, 0.5) is 13.2 Å². The molecule has 5 nitrogen and oxygen atoms in total. The number of alkyl halides is 3. The van der Waals surface area contributed by atoms with Gasteiger partial charge in [0.15, 0.2) is 12.4 Å². The van der Waals surface area contributed by atoms with Gasteiger partial charge in [-0.2, -0.15) is 18.2 Å². The number of nitrogens with zero attached hydrogens (tertiary/aromatic N) is 2. The van der Waals surface area contributed by atoms with Crippen LogP contribution in [0, 0.1) is 0 Å². The summed E-state index contributed by atoms with van der Waals surface area (Å²) in [5.41, 5.74) is 0.223. The molecule has 8 heteroatoms. The number of carbonyl (C=O) groups excluding carboxylic acids is 1. The minimum atomic E-state index is -4.40. The lowest BCUT2D eigenvalue weighted by Gasteiger charge is -2.05. The Balaban J connectivity index is 1.65. The van der Waals surface area contributed by atoms with Crippen molar-refractivity contribution in [3.05, 3.63) is 65.5 Å². The van der Waals surface area contributed by atoms with Gasteiger partial charge in [0, 0.05) is 11.1 Å². The SMILES string of the molecule is CC(=O)c1ccc(OCc2nc(-c3ccc(C(F)(F)F)cc3)no2)cc1. The number of Topliss-reactive ketones (excluding diaryl/α,β-unsaturated/α-hetero) is 1. The fraction of sp³-hybridized carbons (Fsp3) is 0.167. The number of halogens is 3. The van der Waals surface area contributed by atoms with E-state index in [-0.39, 0.29) is 24.1 Å². The molecule has 0 saturated carbocycles. The van der Waals surface area contributed by atoms with Crippen LogP contribution >= 0.6 is 0 Å². The number of aromatic nitrogens is 2. The molecule has 0 aliphatic carbocycles. The molecule has 0 aliphatic rings. The molecule has 26 heavy (non-hydrogen) atoms. The average molecular weight is 362 g/mol. The standard InChI is InChI=1S/C18H13F3N2O3/c1-11(24)12-4-8-15(9-5-12)25-10-16-22-17(23-26-16)13-2-6-14(7-3-13)18(19,20)21/h2-9H,10H2,1H3. The van der Waals surface area contributed by atoms with E-state index >= 15 is 0 Å². The van der Waals surface area contributed by atoms with Gasteiger partial charge in [0.2, 0.25) is 5.82 Å². The number of benzene rings is 2. The van der Waals surface area contributed by atoms with E-state index in [4.69, 9.17) is 9.26 Å². The first-order valence-electron chi connectivity index (χ1n) is 7.57. The largest absolute Gasteiger partial charge is 0.484 e. The molecule has 0 saturated heterocycles. The molecule has 0 atom stereocenters. The van der Waals surface area contributed by atoms with Gasteiger partial charge in [0.25, 0.3) is 5.89 Å². The molecule has 0 bridgehead atoms. The second kappa shape index (κ2) is 6.99. The Bertz CT molecular complexity index is 901. The quantitative estimate of drug-likeness (QED) is 0.624. The second-order valence-electron chi connectivity index (χ2n) is 5.46. The minimum absolute atomic E-state index is 0.00689. The Morgan fingerprint density at radius 1 is 1.08 bits per heavy atom. The number of hydrogen-bond acceptors (Lipinski definition) is 5. The third-order valence-corrected chi connectivity index (χ3v) is 3.56. The number of rotatable bonds is 5. The molecule has 134 valence electrons. The highest BCUT2D eigenvalue weighted by Crippen LogP contribution is 2.30. The van der Waals surface area contributed by atoms with E-state index in [9.17, 15) is 18.0 Å². The maximum absolute atomic E-state index is 12.6. The van der Waals surface area contributed by atoms with Gasteiger partial charge in [0.05, 0.1) is 5.56 Å². The van der Waals surface area contributed by atoms with Crippen molar-refractivity contribution < 1.29 is 27.2 Å². The molecule has 3 rings (SSSR count). The lowest BCUT2D eigenvalue weighted by molar-refractivity contribution is -0.137. The van der Waals surface area contributed by atoms with Crippen LogP contribution < -0.4 is 4.74 Å². The Kier molecular flexibility index (Phi) is 4.75. The van der Waals surface area contributed by atoms with Crippen molar-refractivity contribution in [3.8, 4) is 17.1 Å². The zero-order chi connectivity index (χ0) is 18.7. The third kappa shape index (κ3) is 4.08. The Morgan fingerprint density at radius 3 is 2.31 bits per heavy atom. The summed E-state index contributed by atoms with van der Waals surface area (Å²) in [5, 5.41) is 3.74. The zero-order valence-corrected chi connectivity index (χ0v) is 13.6. The molecule has 2 aromatic carbocycles. The average Bonchev–Trinajstić information content (AvgIpc) is 3.09. The van der Waals surface area contributed by atoms with Crippen LogP contribution in [-0.4, -0.2) is 15.9 Å². The highest BCUT2D eigenvalue weighted by Gasteiger charge is 2.30. The van der Waals surface area contributed by atoms with Crippen molar-refractivity contribution in [1.82, 2.24) is 10.1 Å². The predicted octanol–water partition coefficient (Wildman–Crippen LogP) is 4.54. The summed E-state index contributed by atoms with van der Waals surface area (Å²) >= 11 is 0. The first-order chi connectivity index (χ1) is 12.3. The highest BCUT2D eigenvalue weighted by molar-refractivity contribution is 5.94. The van der Waals surface area contributed by atoms with Gasteiger partial charge >= 0.3 is 6.18 Å². The molecule has 0 unspecified atom stereocenters. The van der Waals surface area contributed by atoms with E-state index in [1.165, 1.54) is 19.1 Å². The van der Waals surface area contributed by atoms with Crippen molar-refractivity contribution in [3.63, 3.8) is 0 Å². The van der Waals surface area contributed by atoms with Gasteiger partial charge in [-0.25, -0.2) is 0 Å². The van der Waals surface area contributed by atoms with Crippen LogP contribution in [0.15, 0.2) is 53.1 Å². The van der Waals surface area contributed by atoms with Gasteiger partial charge in [-0.05, 0) is 43.3 Å².